The van der Waals surface area contributed by atoms with Crippen LogP contribution in [-0.4, -0.2) is 65.9 Å². The Morgan fingerprint density at radius 2 is 1.84 bits per heavy atom. The number of benzene rings is 2. The van der Waals surface area contributed by atoms with E-state index in [4.69, 9.17) is 5.73 Å². The van der Waals surface area contributed by atoms with Crippen LogP contribution in [0.3, 0.4) is 0 Å². The molecule has 1 aliphatic heterocycles. The first-order valence-electron chi connectivity index (χ1n) is 19.5. The smallest absolute Gasteiger partial charge is 0.242 e. The zero-order valence-electron chi connectivity index (χ0n) is 31.3. The molecule has 8 nitrogen and oxygen atoms in total. The third kappa shape index (κ3) is 8.55. The van der Waals surface area contributed by atoms with Gasteiger partial charge in [-0.05, 0) is 103 Å². The highest BCUT2D eigenvalue weighted by Gasteiger charge is 2.62. The third-order valence-electron chi connectivity index (χ3n) is 12.2. The molecule has 50 heavy (non-hydrogen) atoms. The highest BCUT2D eigenvalue weighted by molar-refractivity contribution is 5.95. The number of aromatic hydroxyl groups is 1. The number of hydrogen-bond acceptors (Lipinski definition) is 5. The number of likely N-dealkylation sites (tertiary alicyclic amines) is 1. The van der Waals surface area contributed by atoms with Crippen molar-refractivity contribution >= 4 is 17.6 Å². The molecule has 2 aliphatic carbocycles. The summed E-state index contributed by atoms with van der Waals surface area (Å²) in [5.74, 6) is 1.88. The summed E-state index contributed by atoms with van der Waals surface area (Å²) in [7, 11) is 0. The average Bonchev–Trinajstić information content (AvgIpc) is 3.83. The summed E-state index contributed by atoms with van der Waals surface area (Å²) < 4.78 is 0. The summed E-state index contributed by atoms with van der Waals surface area (Å²) in [6, 6.07) is 15.9. The molecule has 5 rings (SSSR count). The van der Waals surface area contributed by atoms with Crippen molar-refractivity contribution in [3.05, 3.63) is 65.2 Å². The Morgan fingerprint density at radius 1 is 1.08 bits per heavy atom. The second kappa shape index (κ2) is 16.8. The van der Waals surface area contributed by atoms with Crippen molar-refractivity contribution in [3.8, 4) is 5.75 Å². The van der Waals surface area contributed by atoms with Crippen LogP contribution in [0.4, 0.5) is 0 Å². The Bertz CT molecular complexity index is 1480. The number of phenolic OH excluding ortho intramolecular Hbond substituents is 1. The number of rotatable bonds is 18. The van der Waals surface area contributed by atoms with Crippen LogP contribution < -0.4 is 16.4 Å². The van der Waals surface area contributed by atoms with E-state index in [0.29, 0.717) is 30.7 Å². The predicted molar refractivity (Wildman–Crippen MR) is 203 cm³/mol. The van der Waals surface area contributed by atoms with E-state index in [0.717, 1.165) is 95.2 Å². The van der Waals surface area contributed by atoms with Crippen LogP contribution in [0.25, 0.3) is 0 Å². The minimum Gasteiger partial charge on any atom is -0.508 e. The summed E-state index contributed by atoms with van der Waals surface area (Å²) in [5, 5.41) is 16.7. The largest absolute Gasteiger partial charge is 0.508 e. The molecule has 2 amide bonds. The number of phenols is 1. The van der Waals surface area contributed by atoms with Gasteiger partial charge in [0, 0.05) is 32.1 Å². The molecule has 2 aromatic carbocycles. The first-order valence-corrected chi connectivity index (χ1v) is 19.5. The van der Waals surface area contributed by atoms with Crippen molar-refractivity contribution < 1.29 is 14.7 Å². The monoisotopic (exact) mass is 685 g/mol. The standard InChI is InChI=1S/C42H63N5O3/c1-6-7-17-38(43)44-21-13-8-9-14-22-45-39(49)36(24-29(2)3)46-40(50)42(32-15-11-10-12-16-32)27-33(42)28-47-23-20-41(5)30(4)37(47)25-31-18-19-34(48)26-35(31)41/h10-12,15-16,18-19,26,29-30,33,36-37,48H,6-9,13-14,17,20-25,27-28H2,1-5H3,(H2,43,44)(H,45,49)(H,46,50)/t30-,33-,36+,37+,41+,42+/m0/s1. The van der Waals surface area contributed by atoms with Gasteiger partial charge < -0.3 is 21.5 Å². The zero-order chi connectivity index (χ0) is 35.9. The minimum absolute atomic E-state index is 0.0207. The fourth-order valence-electron chi connectivity index (χ4n) is 8.83. The number of amidine groups is 1. The van der Waals surface area contributed by atoms with Gasteiger partial charge >= 0.3 is 0 Å². The van der Waals surface area contributed by atoms with Crippen molar-refractivity contribution in [3.63, 3.8) is 0 Å². The SMILES string of the molecule is CCCCC(N)=NCCCCCCNC(=O)[C@@H](CC(C)C)NC(=O)[C@@]1(c2ccccc2)C[C@H]1CN1CC[C@@]2(C)c3cc(O)ccc3C[C@@H]1[C@@H]2C. The molecule has 0 unspecified atom stereocenters. The van der Waals surface area contributed by atoms with Crippen LogP contribution >= 0.6 is 0 Å². The van der Waals surface area contributed by atoms with Gasteiger partial charge in [-0.2, -0.15) is 0 Å². The Kier molecular flexibility index (Phi) is 12.7. The molecule has 2 fully saturated rings. The summed E-state index contributed by atoms with van der Waals surface area (Å²) in [6.07, 6.45) is 10.4. The number of hydrogen-bond donors (Lipinski definition) is 4. The maximum atomic E-state index is 14.4. The summed E-state index contributed by atoms with van der Waals surface area (Å²) in [5.41, 5.74) is 9.04. The summed E-state index contributed by atoms with van der Waals surface area (Å²) in [4.78, 5) is 35.1. The van der Waals surface area contributed by atoms with Crippen molar-refractivity contribution in [2.45, 2.75) is 128 Å². The minimum atomic E-state index is -0.637. The highest BCUT2D eigenvalue weighted by atomic mass is 16.3. The van der Waals surface area contributed by atoms with E-state index in [1.807, 2.05) is 30.3 Å². The molecule has 2 bridgehead atoms. The topological polar surface area (TPSA) is 120 Å². The molecular formula is C42H63N5O3. The van der Waals surface area contributed by atoms with Gasteiger partial charge in [-0.3, -0.25) is 19.5 Å². The first-order chi connectivity index (χ1) is 24.0. The second-order valence-electron chi connectivity index (χ2n) is 16.1. The van der Waals surface area contributed by atoms with Crippen LogP contribution in [-0.2, 0) is 26.8 Å². The van der Waals surface area contributed by atoms with E-state index in [2.05, 4.69) is 73.3 Å². The fourth-order valence-corrected chi connectivity index (χ4v) is 8.83. The Morgan fingerprint density at radius 3 is 2.58 bits per heavy atom. The van der Waals surface area contributed by atoms with Gasteiger partial charge in [0.25, 0.3) is 0 Å². The highest BCUT2D eigenvalue weighted by Crippen LogP contribution is 2.57. The van der Waals surface area contributed by atoms with E-state index in [-0.39, 0.29) is 29.1 Å². The average molecular weight is 686 g/mol. The number of fused-ring (bicyclic) bond motifs is 4. The molecule has 0 radical (unpaired) electrons. The number of amides is 2. The Labute approximate surface area is 301 Å². The lowest BCUT2D eigenvalue weighted by Crippen LogP contribution is -2.58. The third-order valence-corrected chi connectivity index (χ3v) is 12.2. The molecule has 0 spiro atoms. The van der Waals surface area contributed by atoms with Crippen molar-refractivity contribution in [1.29, 1.82) is 0 Å². The van der Waals surface area contributed by atoms with Gasteiger partial charge in [-0.1, -0.05) is 90.3 Å². The number of nitrogens with one attached hydrogen (secondary N) is 2. The molecule has 1 heterocycles. The van der Waals surface area contributed by atoms with Gasteiger partial charge in [-0.15, -0.1) is 0 Å². The lowest BCUT2D eigenvalue weighted by Gasteiger charge is -2.55. The van der Waals surface area contributed by atoms with Crippen LogP contribution in [0.15, 0.2) is 53.5 Å². The Balaban J connectivity index is 1.19. The van der Waals surface area contributed by atoms with Crippen molar-refractivity contribution in [2.75, 3.05) is 26.2 Å². The maximum absolute atomic E-state index is 14.4. The predicted octanol–water partition coefficient (Wildman–Crippen LogP) is 6.63. The van der Waals surface area contributed by atoms with E-state index in [9.17, 15) is 14.7 Å². The molecule has 3 aliphatic rings. The molecule has 2 aromatic rings. The molecular weight excluding hydrogens is 622 g/mol. The maximum Gasteiger partial charge on any atom is 0.242 e. The van der Waals surface area contributed by atoms with Crippen LogP contribution in [0, 0.1) is 17.8 Å². The fraction of sp³-hybridized carbons (Fsp3) is 0.643. The lowest BCUT2D eigenvalue weighted by atomic mass is 9.59. The number of nitrogens with two attached hydrogens (primary N) is 1. The number of aliphatic imine (C=N–C) groups is 1. The van der Waals surface area contributed by atoms with Crippen molar-refractivity contribution in [1.82, 2.24) is 15.5 Å². The van der Waals surface area contributed by atoms with Gasteiger partial charge in [0.05, 0.1) is 11.3 Å². The van der Waals surface area contributed by atoms with Gasteiger partial charge in [0.15, 0.2) is 0 Å². The number of carbonyl (C=O) groups is 2. The number of unbranched alkanes of at least 4 members (excludes halogenated alkanes) is 4. The van der Waals surface area contributed by atoms with E-state index >= 15 is 0 Å². The van der Waals surface area contributed by atoms with E-state index < -0.39 is 11.5 Å². The van der Waals surface area contributed by atoms with Crippen LogP contribution in [0.1, 0.15) is 116 Å². The van der Waals surface area contributed by atoms with E-state index in [1.165, 1.54) is 11.1 Å². The van der Waals surface area contributed by atoms with Gasteiger partial charge in [0.1, 0.15) is 11.8 Å². The van der Waals surface area contributed by atoms with Crippen LogP contribution in [0.5, 0.6) is 5.75 Å². The molecule has 8 heteroatoms. The molecule has 1 saturated carbocycles. The normalized spacial score (nSPS) is 26.7. The zero-order valence-corrected chi connectivity index (χ0v) is 31.3. The van der Waals surface area contributed by atoms with E-state index in [1.54, 1.807) is 0 Å². The quantitative estimate of drug-likeness (QED) is 0.0798. The van der Waals surface area contributed by atoms with Gasteiger partial charge in [-0.25, -0.2) is 0 Å². The molecule has 0 aromatic heterocycles. The summed E-state index contributed by atoms with van der Waals surface area (Å²) >= 11 is 0. The number of piperidine rings is 1. The first kappa shape index (κ1) is 37.9. The molecule has 6 atom stereocenters. The number of carbonyl (C=O) groups excluding carboxylic acids is 2. The summed E-state index contributed by atoms with van der Waals surface area (Å²) in [6.45, 7) is 14.3. The molecule has 5 N–H and O–H groups in total. The van der Waals surface area contributed by atoms with Gasteiger partial charge in [0.2, 0.25) is 11.8 Å². The second-order valence-corrected chi connectivity index (χ2v) is 16.1. The van der Waals surface area contributed by atoms with Crippen molar-refractivity contribution in [2.24, 2.45) is 28.5 Å². The van der Waals surface area contributed by atoms with Crippen LogP contribution in [0.2, 0.25) is 0 Å². The Hall–Kier alpha value is -3.39. The molecule has 1 saturated heterocycles. The number of nitrogens with zero attached hydrogens (tertiary/aromatic N) is 2. The molecule has 274 valence electrons. The lowest BCUT2D eigenvalue weighted by molar-refractivity contribution is -0.131.